The Morgan fingerprint density at radius 1 is 0.952 bits per heavy atom. The van der Waals surface area contributed by atoms with Gasteiger partial charge < -0.3 is 5.32 Å². The van der Waals surface area contributed by atoms with E-state index in [-0.39, 0.29) is 16.1 Å². The van der Waals surface area contributed by atoms with Crippen molar-refractivity contribution in [1.29, 1.82) is 0 Å². The minimum absolute atomic E-state index is 0.0641. The van der Waals surface area contributed by atoms with E-state index in [1.54, 1.807) is 6.92 Å². The molecule has 2 rings (SSSR count). The second-order valence-corrected chi connectivity index (χ2v) is 4.81. The normalized spacial score (nSPS) is 12.5. The van der Waals surface area contributed by atoms with Crippen LogP contribution >= 0.6 is 11.6 Å². The summed E-state index contributed by atoms with van der Waals surface area (Å²) in [5, 5.41) is 2.72. The van der Waals surface area contributed by atoms with Crippen molar-refractivity contribution < 1.29 is 17.6 Å². The van der Waals surface area contributed by atoms with Crippen LogP contribution in [0.4, 0.5) is 17.6 Å². The molecule has 6 heteroatoms. The first-order valence-electron chi connectivity index (χ1n) is 6.28. The lowest BCUT2D eigenvalue weighted by molar-refractivity contribution is 0.431. The second-order valence-electron chi connectivity index (χ2n) is 4.40. The van der Waals surface area contributed by atoms with Crippen LogP contribution in [0.2, 0.25) is 5.02 Å². The molecule has 0 heterocycles. The van der Waals surface area contributed by atoms with Crippen LogP contribution in [-0.2, 0) is 0 Å². The molecule has 0 aliphatic heterocycles. The van der Waals surface area contributed by atoms with Crippen molar-refractivity contribution in [3.05, 3.63) is 69.8 Å². The summed E-state index contributed by atoms with van der Waals surface area (Å²) in [6.45, 7) is 2.10. The van der Waals surface area contributed by atoms with Crippen LogP contribution in [0.15, 0.2) is 30.3 Å². The van der Waals surface area contributed by atoms with E-state index in [4.69, 9.17) is 11.6 Å². The van der Waals surface area contributed by atoms with Crippen molar-refractivity contribution in [3.8, 4) is 0 Å². The fourth-order valence-electron chi connectivity index (χ4n) is 2.10. The highest BCUT2D eigenvalue weighted by Gasteiger charge is 2.24. The molecule has 1 atom stereocenters. The lowest BCUT2D eigenvalue weighted by Crippen LogP contribution is -2.24. The van der Waals surface area contributed by atoms with Gasteiger partial charge in [0.15, 0.2) is 17.5 Å². The Hall–Kier alpha value is -1.59. The van der Waals surface area contributed by atoms with E-state index in [0.29, 0.717) is 6.54 Å². The van der Waals surface area contributed by atoms with Crippen molar-refractivity contribution in [3.63, 3.8) is 0 Å². The largest absolute Gasteiger partial charge is 0.306 e. The van der Waals surface area contributed by atoms with Crippen molar-refractivity contribution in [2.45, 2.75) is 13.0 Å². The molecule has 0 bridgehead atoms. The maximum atomic E-state index is 14.1. The molecule has 0 aromatic heterocycles. The quantitative estimate of drug-likeness (QED) is 0.642. The predicted molar refractivity (Wildman–Crippen MR) is 73.2 cm³/mol. The van der Waals surface area contributed by atoms with Gasteiger partial charge in [0, 0.05) is 11.1 Å². The molecule has 0 saturated heterocycles. The predicted octanol–water partition coefficient (Wildman–Crippen LogP) is 4.60. The minimum Gasteiger partial charge on any atom is -0.306 e. The van der Waals surface area contributed by atoms with Gasteiger partial charge in [-0.05, 0) is 18.7 Å². The highest BCUT2D eigenvalue weighted by Crippen LogP contribution is 2.30. The lowest BCUT2D eigenvalue weighted by atomic mass is 9.97. The van der Waals surface area contributed by atoms with Gasteiger partial charge >= 0.3 is 0 Å². The van der Waals surface area contributed by atoms with Crippen LogP contribution in [0.5, 0.6) is 0 Å². The Morgan fingerprint density at radius 2 is 1.62 bits per heavy atom. The van der Waals surface area contributed by atoms with Gasteiger partial charge in [-0.2, -0.15) is 0 Å². The molecule has 1 nitrogen and oxygen atoms in total. The second kappa shape index (κ2) is 6.45. The topological polar surface area (TPSA) is 12.0 Å². The highest BCUT2D eigenvalue weighted by molar-refractivity contribution is 6.30. The first-order valence-corrected chi connectivity index (χ1v) is 6.65. The Bertz CT molecular complexity index is 660. The van der Waals surface area contributed by atoms with E-state index in [1.807, 2.05) is 0 Å². The van der Waals surface area contributed by atoms with Gasteiger partial charge in [0.05, 0.1) is 11.1 Å². The highest BCUT2D eigenvalue weighted by atomic mass is 35.5. The maximum Gasteiger partial charge on any atom is 0.194 e. The number of hydrogen-bond acceptors (Lipinski definition) is 1. The number of hydrogen-bond donors (Lipinski definition) is 1. The fraction of sp³-hybridized carbons (Fsp3) is 0.200. The molecular formula is C15H12ClF4N. The van der Waals surface area contributed by atoms with E-state index < -0.39 is 29.3 Å². The smallest absolute Gasteiger partial charge is 0.194 e. The van der Waals surface area contributed by atoms with Crippen molar-refractivity contribution >= 4 is 11.6 Å². The van der Waals surface area contributed by atoms with Crippen LogP contribution in [0.3, 0.4) is 0 Å². The van der Waals surface area contributed by atoms with Gasteiger partial charge in [-0.25, -0.2) is 17.6 Å². The van der Waals surface area contributed by atoms with Gasteiger partial charge in [-0.15, -0.1) is 0 Å². The summed E-state index contributed by atoms with van der Waals surface area (Å²) >= 11 is 5.71. The summed E-state index contributed by atoms with van der Waals surface area (Å²) < 4.78 is 54.5. The van der Waals surface area contributed by atoms with Gasteiger partial charge in [0.25, 0.3) is 0 Å². The monoisotopic (exact) mass is 317 g/mol. The van der Waals surface area contributed by atoms with Gasteiger partial charge in [0.2, 0.25) is 0 Å². The van der Waals surface area contributed by atoms with Crippen LogP contribution in [0.1, 0.15) is 24.1 Å². The molecule has 0 amide bonds. The van der Waals surface area contributed by atoms with E-state index in [9.17, 15) is 17.6 Å². The average Bonchev–Trinajstić information content (AvgIpc) is 2.46. The molecule has 0 saturated carbocycles. The average molecular weight is 318 g/mol. The molecule has 1 unspecified atom stereocenters. The molecule has 0 aliphatic rings. The molecule has 0 spiro atoms. The maximum absolute atomic E-state index is 14.1. The number of nitrogens with one attached hydrogen (secondary N) is 1. The van der Waals surface area contributed by atoms with E-state index >= 15 is 0 Å². The van der Waals surface area contributed by atoms with Crippen LogP contribution < -0.4 is 5.32 Å². The standard InChI is InChI=1S/C15H12ClF4N/c1-2-21-15(8-4-3-5-10(16)12(8)18)9-6-7-11(17)14(20)13(9)19/h3-7,15,21H,2H2,1H3. The van der Waals surface area contributed by atoms with Crippen LogP contribution in [-0.4, -0.2) is 6.54 Å². The third-order valence-corrected chi connectivity index (χ3v) is 3.37. The molecule has 0 fully saturated rings. The third kappa shape index (κ3) is 3.04. The molecule has 112 valence electrons. The Labute approximate surface area is 124 Å². The van der Waals surface area contributed by atoms with Crippen LogP contribution in [0, 0.1) is 23.3 Å². The van der Waals surface area contributed by atoms with E-state index in [2.05, 4.69) is 5.32 Å². The van der Waals surface area contributed by atoms with Gasteiger partial charge in [0.1, 0.15) is 5.82 Å². The van der Waals surface area contributed by atoms with E-state index in [1.165, 1.54) is 18.2 Å². The summed E-state index contributed by atoms with van der Waals surface area (Å²) in [5.41, 5.74) is -0.119. The number of rotatable bonds is 4. The summed E-state index contributed by atoms with van der Waals surface area (Å²) in [5.74, 6) is -4.95. The SMILES string of the molecule is CCNC(c1cccc(Cl)c1F)c1ccc(F)c(F)c1F. The summed E-state index contributed by atoms with van der Waals surface area (Å²) in [4.78, 5) is 0. The van der Waals surface area contributed by atoms with E-state index in [0.717, 1.165) is 12.1 Å². The Balaban J connectivity index is 2.59. The minimum atomic E-state index is -1.59. The third-order valence-electron chi connectivity index (χ3n) is 3.08. The Morgan fingerprint density at radius 3 is 2.29 bits per heavy atom. The van der Waals surface area contributed by atoms with Crippen molar-refractivity contribution in [2.24, 2.45) is 0 Å². The van der Waals surface area contributed by atoms with Crippen LogP contribution in [0.25, 0.3) is 0 Å². The first-order chi connectivity index (χ1) is 9.97. The summed E-state index contributed by atoms with van der Waals surface area (Å²) in [6, 6.07) is 5.19. The zero-order valence-corrected chi connectivity index (χ0v) is 11.8. The lowest BCUT2D eigenvalue weighted by Gasteiger charge is -2.20. The van der Waals surface area contributed by atoms with Gasteiger partial charge in [-0.1, -0.05) is 36.7 Å². The molecule has 2 aromatic rings. The Kier molecular flexibility index (Phi) is 4.85. The molecule has 0 aliphatic carbocycles. The molecular weight excluding hydrogens is 306 g/mol. The molecule has 2 aromatic carbocycles. The summed E-state index contributed by atoms with van der Waals surface area (Å²) in [6.07, 6.45) is 0. The molecule has 1 N–H and O–H groups in total. The summed E-state index contributed by atoms with van der Waals surface area (Å²) in [7, 11) is 0. The van der Waals surface area contributed by atoms with Gasteiger partial charge in [-0.3, -0.25) is 0 Å². The van der Waals surface area contributed by atoms with Crippen molar-refractivity contribution in [1.82, 2.24) is 5.32 Å². The zero-order chi connectivity index (χ0) is 15.6. The first kappa shape index (κ1) is 15.8. The zero-order valence-electron chi connectivity index (χ0n) is 11.1. The molecule has 0 radical (unpaired) electrons. The fourth-order valence-corrected chi connectivity index (χ4v) is 2.28. The number of halogens is 5. The molecule has 21 heavy (non-hydrogen) atoms. The van der Waals surface area contributed by atoms with Crippen molar-refractivity contribution in [2.75, 3.05) is 6.54 Å². The number of benzene rings is 2.